The molecule has 45 heavy (non-hydrogen) atoms. The number of nitrogens with zero attached hydrogens (tertiary/aromatic N) is 3. The second-order valence-corrected chi connectivity index (χ2v) is 11.4. The van der Waals surface area contributed by atoms with E-state index in [2.05, 4.69) is 186 Å². The number of anilines is 3. The summed E-state index contributed by atoms with van der Waals surface area (Å²) >= 11 is 0. The number of hydrogen-bond acceptors (Lipinski definition) is 2. The maximum absolute atomic E-state index is 5.25. The Labute approximate surface area is 263 Å². The van der Waals surface area contributed by atoms with Gasteiger partial charge < -0.3 is 4.90 Å². The average Bonchev–Trinajstić information content (AvgIpc) is 3.47. The largest absolute Gasteiger partial charge is 0.310 e. The van der Waals surface area contributed by atoms with Crippen LogP contribution in [0.1, 0.15) is 5.56 Å². The molecule has 0 aliphatic rings. The first kappa shape index (κ1) is 26.7. The molecule has 0 spiro atoms. The molecular formula is C42H31N3. The second kappa shape index (κ2) is 11.3. The van der Waals surface area contributed by atoms with Crippen molar-refractivity contribution in [3.05, 3.63) is 175 Å². The SMILES string of the molecule is Cc1c(-c2ccc(N(c3ccccc3)c3cccc(-c4ccccc4)c3)cc2)nn2c(-c3ccccc3)cc3ccccc3c12. The summed E-state index contributed by atoms with van der Waals surface area (Å²) in [6.45, 7) is 2.19. The van der Waals surface area contributed by atoms with E-state index in [4.69, 9.17) is 5.10 Å². The molecule has 8 aromatic rings. The maximum atomic E-state index is 5.25. The Balaban J connectivity index is 1.25. The lowest BCUT2D eigenvalue weighted by atomic mass is 10.0. The van der Waals surface area contributed by atoms with E-state index in [1.165, 1.54) is 27.5 Å². The number of aromatic nitrogens is 2. The van der Waals surface area contributed by atoms with Crippen LogP contribution < -0.4 is 4.90 Å². The van der Waals surface area contributed by atoms with Gasteiger partial charge in [0.05, 0.1) is 16.9 Å². The molecule has 0 amide bonds. The highest BCUT2D eigenvalue weighted by Gasteiger charge is 2.19. The van der Waals surface area contributed by atoms with Crippen molar-refractivity contribution >= 4 is 33.4 Å². The first-order valence-corrected chi connectivity index (χ1v) is 15.3. The molecule has 0 atom stereocenters. The van der Waals surface area contributed by atoms with Crippen LogP contribution in [-0.4, -0.2) is 9.61 Å². The highest BCUT2D eigenvalue weighted by Crippen LogP contribution is 2.39. The molecule has 0 saturated carbocycles. The Morgan fingerprint density at radius 2 is 1.04 bits per heavy atom. The Hall–Kier alpha value is -5.93. The van der Waals surface area contributed by atoms with E-state index >= 15 is 0 Å². The molecule has 0 fully saturated rings. The molecule has 0 radical (unpaired) electrons. The minimum absolute atomic E-state index is 0.993. The normalized spacial score (nSPS) is 11.2. The van der Waals surface area contributed by atoms with E-state index in [0.717, 1.165) is 45.1 Å². The van der Waals surface area contributed by atoms with Crippen LogP contribution in [0.15, 0.2) is 170 Å². The minimum atomic E-state index is 0.993. The standard InChI is InChI=1S/C42H31N3/c1-30-41(43-45-40(32-16-7-3-8-17-32)29-35-18-11-12-23-39(35)42(30)45)33-24-26-37(27-25-33)44(36-20-9-4-10-21-36)38-22-13-19-34(28-38)31-14-5-2-6-15-31/h2-29H,1H3. The molecule has 0 aliphatic carbocycles. The molecule has 214 valence electrons. The summed E-state index contributed by atoms with van der Waals surface area (Å²) in [7, 11) is 0. The Morgan fingerprint density at radius 1 is 0.467 bits per heavy atom. The van der Waals surface area contributed by atoms with Crippen LogP contribution in [0, 0.1) is 6.92 Å². The summed E-state index contributed by atoms with van der Waals surface area (Å²) in [4.78, 5) is 2.31. The summed E-state index contributed by atoms with van der Waals surface area (Å²) in [5.41, 5.74) is 12.3. The van der Waals surface area contributed by atoms with Gasteiger partial charge in [-0.25, -0.2) is 4.52 Å². The summed E-state index contributed by atoms with van der Waals surface area (Å²) < 4.78 is 2.13. The van der Waals surface area contributed by atoms with Crippen LogP contribution in [-0.2, 0) is 0 Å². The first-order valence-electron chi connectivity index (χ1n) is 15.3. The number of para-hydroxylation sites is 1. The molecular weight excluding hydrogens is 546 g/mol. The van der Waals surface area contributed by atoms with Crippen molar-refractivity contribution in [1.29, 1.82) is 0 Å². The zero-order valence-corrected chi connectivity index (χ0v) is 25.0. The van der Waals surface area contributed by atoms with Crippen molar-refractivity contribution < 1.29 is 0 Å². The van der Waals surface area contributed by atoms with Crippen molar-refractivity contribution in [3.63, 3.8) is 0 Å². The molecule has 3 heteroatoms. The lowest BCUT2D eigenvalue weighted by Crippen LogP contribution is -2.09. The fraction of sp³-hybridized carbons (Fsp3) is 0.0238. The van der Waals surface area contributed by atoms with Gasteiger partial charge in [0.1, 0.15) is 0 Å². The molecule has 0 N–H and O–H groups in total. The van der Waals surface area contributed by atoms with Crippen LogP contribution in [0.2, 0.25) is 0 Å². The van der Waals surface area contributed by atoms with E-state index < -0.39 is 0 Å². The van der Waals surface area contributed by atoms with Crippen molar-refractivity contribution in [2.45, 2.75) is 6.92 Å². The third-order valence-corrected chi connectivity index (χ3v) is 8.55. The fourth-order valence-electron chi connectivity index (χ4n) is 6.37. The maximum Gasteiger partial charge on any atom is 0.0963 e. The van der Waals surface area contributed by atoms with Gasteiger partial charge in [0.25, 0.3) is 0 Å². The summed E-state index contributed by atoms with van der Waals surface area (Å²) in [6, 6.07) is 60.0. The summed E-state index contributed by atoms with van der Waals surface area (Å²) in [5, 5.41) is 7.67. The third-order valence-electron chi connectivity index (χ3n) is 8.55. The number of benzene rings is 6. The zero-order chi connectivity index (χ0) is 30.2. The smallest absolute Gasteiger partial charge is 0.0963 e. The highest BCUT2D eigenvalue weighted by atomic mass is 15.2. The number of hydrogen-bond donors (Lipinski definition) is 0. The van der Waals surface area contributed by atoms with Crippen LogP contribution >= 0.6 is 0 Å². The van der Waals surface area contributed by atoms with Gasteiger partial charge in [-0.15, -0.1) is 0 Å². The minimum Gasteiger partial charge on any atom is -0.310 e. The van der Waals surface area contributed by atoms with Crippen molar-refractivity contribution in [2.24, 2.45) is 0 Å². The van der Waals surface area contributed by atoms with Gasteiger partial charge in [-0.3, -0.25) is 0 Å². The summed E-state index contributed by atoms with van der Waals surface area (Å²) in [5.74, 6) is 0. The molecule has 6 aromatic carbocycles. The molecule has 2 heterocycles. The topological polar surface area (TPSA) is 20.5 Å². The van der Waals surface area contributed by atoms with E-state index in [-0.39, 0.29) is 0 Å². The predicted octanol–water partition coefficient (Wildman–Crippen LogP) is 11.3. The van der Waals surface area contributed by atoms with Crippen LogP contribution in [0.4, 0.5) is 17.1 Å². The number of aryl methyl sites for hydroxylation is 1. The Kier molecular flexibility index (Phi) is 6.69. The quantitative estimate of drug-likeness (QED) is 0.196. The van der Waals surface area contributed by atoms with Crippen molar-refractivity contribution in [2.75, 3.05) is 4.90 Å². The Morgan fingerprint density at radius 3 is 1.78 bits per heavy atom. The second-order valence-electron chi connectivity index (χ2n) is 11.4. The van der Waals surface area contributed by atoms with E-state index in [1.54, 1.807) is 0 Å². The molecule has 2 aromatic heterocycles. The van der Waals surface area contributed by atoms with E-state index in [9.17, 15) is 0 Å². The number of pyridine rings is 1. The average molecular weight is 578 g/mol. The lowest BCUT2D eigenvalue weighted by molar-refractivity contribution is 0.979. The van der Waals surface area contributed by atoms with Gasteiger partial charge in [0.2, 0.25) is 0 Å². The van der Waals surface area contributed by atoms with Gasteiger partial charge in [-0.05, 0) is 65.9 Å². The Bertz CT molecular complexity index is 2250. The summed E-state index contributed by atoms with van der Waals surface area (Å²) in [6.07, 6.45) is 0. The van der Waals surface area contributed by atoms with Gasteiger partial charge >= 0.3 is 0 Å². The van der Waals surface area contributed by atoms with Crippen molar-refractivity contribution in [1.82, 2.24) is 9.61 Å². The lowest BCUT2D eigenvalue weighted by Gasteiger charge is -2.26. The predicted molar refractivity (Wildman–Crippen MR) is 188 cm³/mol. The molecule has 3 nitrogen and oxygen atoms in total. The molecule has 8 rings (SSSR count). The fourth-order valence-corrected chi connectivity index (χ4v) is 6.37. The molecule has 0 saturated heterocycles. The van der Waals surface area contributed by atoms with Crippen molar-refractivity contribution in [3.8, 4) is 33.6 Å². The van der Waals surface area contributed by atoms with Gasteiger partial charge in [0.15, 0.2) is 0 Å². The number of fused-ring (bicyclic) bond motifs is 3. The monoisotopic (exact) mass is 577 g/mol. The van der Waals surface area contributed by atoms with Crippen LogP contribution in [0.25, 0.3) is 49.9 Å². The van der Waals surface area contributed by atoms with Gasteiger partial charge in [-0.2, -0.15) is 5.10 Å². The molecule has 0 bridgehead atoms. The van der Waals surface area contributed by atoms with Gasteiger partial charge in [0, 0.05) is 39.1 Å². The van der Waals surface area contributed by atoms with Crippen LogP contribution in [0.5, 0.6) is 0 Å². The highest BCUT2D eigenvalue weighted by molar-refractivity contribution is 6.01. The molecule has 0 aliphatic heterocycles. The number of rotatable bonds is 6. The zero-order valence-electron chi connectivity index (χ0n) is 25.0. The molecule has 0 unspecified atom stereocenters. The van der Waals surface area contributed by atoms with Gasteiger partial charge in [-0.1, -0.05) is 127 Å². The van der Waals surface area contributed by atoms with E-state index in [1.807, 2.05) is 0 Å². The van der Waals surface area contributed by atoms with Crippen LogP contribution in [0.3, 0.4) is 0 Å². The first-order chi connectivity index (χ1) is 22.2. The third kappa shape index (κ3) is 4.85. The van der Waals surface area contributed by atoms with E-state index in [0.29, 0.717) is 0 Å².